The molecule has 176 valence electrons. The molecule has 7 nitrogen and oxygen atoms in total. The van der Waals surface area contributed by atoms with Gasteiger partial charge < -0.3 is 9.88 Å². The van der Waals surface area contributed by atoms with E-state index in [0.29, 0.717) is 28.3 Å². The third kappa shape index (κ3) is 4.45. The van der Waals surface area contributed by atoms with Gasteiger partial charge in [0.25, 0.3) is 5.56 Å². The Labute approximate surface area is 207 Å². The lowest BCUT2D eigenvalue weighted by atomic mass is 10.0. The number of benzene rings is 2. The van der Waals surface area contributed by atoms with Crippen LogP contribution in [0.25, 0.3) is 44.6 Å². The summed E-state index contributed by atoms with van der Waals surface area (Å²) in [6.45, 7) is 3.78. The first-order valence-corrected chi connectivity index (χ1v) is 12.4. The number of piperidine rings is 1. The number of hydrogen-bond donors (Lipinski definition) is 1. The number of likely N-dealkylation sites (tertiary alicyclic amines) is 1. The Hall–Kier alpha value is -3.55. The topological polar surface area (TPSA) is 79.7 Å². The van der Waals surface area contributed by atoms with Crippen LogP contribution in [-0.4, -0.2) is 49.0 Å². The molecule has 35 heavy (non-hydrogen) atoms. The monoisotopic (exact) mass is 484 g/mol. The first kappa shape index (κ1) is 21.9. The van der Waals surface area contributed by atoms with Crippen LogP contribution in [0.2, 0.25) is 5.02 Å². The second-order valence-corrected chi connectivity index (χ2v) is 9.49. The molecule has 4 heterocycles. The highest BCUT2D eigenvalue weighted by Gasteiger charge is 2.12. The van der Waals surface area contributed by atoms with E-state index in [1.54, 1.807) is 23.2 Å². The molecule has 0 saturated carbocycles. The highest BCUT2D eigenvalue weighted by Crippen LogP contribution is 2.27. The Morgan fingerprint density at radius 2 is 1.69 bits per heavy atom. The highest BCUT2D eigenvalue weighted by atomic mass is 35.5. The minimum Gasteiger partial charge on any atom is -0.337 e. The van der Waals surface area contributed by atoms with Gasteiger partial charge in [-0.15, -0.1) is 0 Å². The zero-order valence-electron chi connectivity index (χ0n) is 19.2. The molecule has 5 aromatic rings. The second-order valence-electron chi connectivity index (χ2n) is 9.06. The molecule has 0 aliphatic carbocycles. The van der Waals surface area contributed by atoms with Gasteiger partial charge in [-0.25, -0.2) is 9.97 Å². The number of aromatic amines is 1. The van der Waals surface area contributed by atoms with Crippen molar-refractivity contribution in [2.75, 3.05) is 19.6 Å². The fraction of sp³-hybridized carbons (Fsp3) is 0.259. The smallest absolute Gasteiger partial charge is 0.261 e. The molecule has 0 bridgehead atoms. The molecule has 1 N–H and O–H groups in total. The molecule has 0 spiro atoms. The summed E-state index contributed by atoms with van der Waals surface area (Å²) in [6.07, 6.45) is 7.08. The number of hydrogen-bond acceptors (Lipinski definition) is 5. The minimum absolute atomic E-state index is 0.00702. The Morgan fingerprint density at radius 3 is 2.49 bits per heavy atom. The molecule has 3 aromatic heterocycles. The molecule has 0 amide bonds. The molecule has 1 fully saturated rings. The molecule has 6 rings (SSSR count). The normalized spacial score (nSPS) is 14.7. The van der Waals surface area contributed by atoms with Crippen molar-refractivity contribution in [1.29, 1.82) is 0 Å². The van der Waals surface area contributed by atoms with Gasteiger partial charge >= 0.3 is 0 Å². The Bertz CT molecular complexity index is 1570. The van der Waals surface area contributed by atoms with Crippen molar-refractivity contribution in [2.45, 2.75) is 25.8 Å². The van der Waals surface area contributed by atoms with Gasteiger partial charge in [-0.3, -0.25) is 14.3 Å². The lowest BCUT2D eigenvalue weighted by molar-refractivity contribution is 0.220. The highest BCUT2D eigenvalue weighted by molar-refractivity contribution is 6.30. The number of fused-ring (bicyclic) bond motifs is 2. The van der Waals surface area contributed by atoms with E-state index in [1.807, 2.05) is 42.5 Å². The maximum atomic E-state index is 13.3. The zero-order chi connectivity index (χ0) is 23.8. The molecule has 1 aliphatic rings. The van der Waals surface area contributed by atoms with Crippen LogP contribution in [0, 0.1) is 0 Å². The summed E-state index contributed by atoms with van der Waals surface area (Å²) < 4.78 is 1.74. The van der Waals surface area contributed by atoms with Crippen molar-refractivity contribution < 1.29 is 0 Å². The standard InChI is InChI=1S/C27H25ClN6O/c28-20-6-9-24(29-16-20)26-31-23-8-5-19(15-25(23)32-26)18-4-7-22-21(14-18)27(35)34(17-30-22)13-12-33-10-2-1-3-11-33/h4-9,14-17H,1-3,10-13H2,(H,31,32). The largest absolute Gasteiger partial charge is 0.337 e. The number of H-pyrrole nitrogens is 1. The molecular weight excluding hydrogens is 460 g/mol. The zero-order valence-corrected chi connectivity index (χ0v) is 20.0. The Morgan fingerprint density at radius 1 is 0.886 bits per heavy atom. The van der Waals surface area contributed by atoms with E-state index in [0.717, 1.165) is 47.5 Å². The molecule has 1 saturated heterocycles. The van der Waals surface area contributed by atoms with Gasteiger partial charge in [-0.05, 0) is 73.5 Å². The molecule has 0 atom stereocenters. The van der Waals surface area contributed by atoms with Gasteiger partial charge in [0.2, 0.25) is 0 Å². The molecule has 8 heteroatoms. The number of imidazole rings is 1. The van der Waals surface area contributed by atoms with Crippen molar-refractivity contribution in [2.24, 2.45) is 0 Å². The number of halogens is 1. The molecular formula is C27H25ClN6O. The van der Waals surface area contributed by atoms with Crippen LogP contribution in [0.4, 0.5) is 0 Å². The van der Waals surface area contributed by atoms with E-state index in [2.05, 4.69) is 24.8 Å². The van der Waals surface area contributed by atoms with Crippen LogP contribution in [0.5, 0.6) is 0 Å². The average molecular weight is 485 g/mol. The second kappa shape index (κ2) is 9.24. The number of rotatable bonds is 5. The van der Waals surface area contributed by atoms with Crippen molar-refractivity contribution in [1.82, 2.24) is 29.4 Å². The number of nitrogens with zero attached hydrogens (tertiary/aromatic N) is 5. The first-order valence-electron chi connectivity index (χ1n) is 12.0. The lowest BCUT2D eigenvalue weighted by Crippen LogP contribution is -2.34. The maximum absolute atomic E-state index is 13.3. The van der Waals surface area contributed by atoms with E-state index in [-0.39, 0.29) is 5.56 Å². The fourth-order valence-corrected chi connectivity index (χ4v) is 4.87. The van der Waals surface area contributed by atoms with Crippen molar-refractivity contribution in [3.05, 3.63) is 76.4 Å². The number of aromatic nitrogens is 5. The quantitative estimate of drug-likeness (QED) is 0.373. The van der Waals surface area contributed by atoms with E-state index >= 15 is 0 Å². The van der Waals surface area contributed by atoms with E-state index in [9.17, 15) is 4.79 Å². The first-order chi connectivity index (χ1) is 17.1. The molecule has 0 unspecified atom stereocenters. The lowest BCUT2D eigenvalue weighted by Gasteiger charge is -2.26. The van der Waals surface area contributed by atoms with Crippen molar-refractivity contribution >= 4 is 33.5 Å². The summed E-state index contributed by atoms with van der Waals surface area (Å²) in [5, 5.41) is 1.22. The van der Waals surface area contributed by atoms with Crippen LogP contribution in [0.15, 0.2) is 65.8 Å². The number of pyridine rings is 1. The maximum Gasteiger partial charge on any atom is 0.261 e. The average Bonchev–Trinajstić information content (AvgIpc) is 3.33. The third-order valence-electron chi connectivity index (χ3n) is 6.72. The summed E-state index contributed by atoms with van der Waals surface area (Å²) in [7, 11) is 0. The van der Waals surface area contributed by atoms with E-state index in [4.69, 9.17) is 11.6 Å². The molecule has 1 aliphatic heterocycles. The molecule has 2 aromatic carbocycles. The van der Waals surface area contributed by atoms with Gasteiger partial charge in [0.05, 0.1) is 33.3 Å². The predicted octanol–water partition coefficient (Wildman–Crippen LogP) is 5.14. The fourth-order valence-electron chi connectivity index (χ4n) is 4.76. The number of nitrogens with one attached hydrogen (secondary N) is 1. The van der Waals surface area contributed by atoms with Crippen LogP contribution in [-0.2, 0) is 6.54 Å². The van der Waals surface area contributed by atoms with Gasteiger partial charge in [-0.2, -0.15) is 0 Å². The third-order valence-corrected chi connectivity index (χ3v) is 6.94. The van der Waals surface area contributed by atoms with Gasteiger partial charge in [-0.1, -0.05) is 30.2 Å². The van der Waals surface area contributed by atoms with Crippen molar-refractivity contribution in [3.8, 4) is 22.6 Å². The SMILES string of the molecule is O=c1c2cc(-c3ccc4nc(-c5ccc(Cl)cn5)[nH]c4c3)ccc2ncn1CCN1CCCCC1. The van der Waals surface area contributed by atoms with Crippen LogP contribution < -0.4 is 5.56 Å². The van der Waals surface area contributed by atoms with E-state index in [1.165, 1.54) is 19.3 Å². The summed E-state index contributed by atoms with van der Waals surface area (Å²) in [4.78, 5) is 32.6. The van der Waals surface area contributed by atoms with Gasteiger partial charge in [0, 0.05) is 19.3 Å². The minimum atomic E-state index is 0.00702. The van der Waals surface area contributed by atoms with E-state index < -0.39 is 0 Å². The molecule has 0 radical (unpaired) electrons. The summed E-state index contributed by atoms with van der Waals surface area (Å²) in [6, 6.07) is 15.6. The summed E-state index contributed by atoms with van der Waals surface area (Å²) in [5.74, 6) is 0.688. The summed E-state index contributed by atoms with van der Waals surface area (Å²) >= 11 is 5.96. The van der Waals surface area contributed by atoms with Crippen LogP contribution in [0.1, 0.15) is 19.3 Å². The Balaban J connectivity index is 1.31. The summed E-state index contributed by atoms with van der Waals surface area (Å²) in [5.41, 5.74) is 5.17. The predicted molar refractivity (Wildman–Crippen MR) is 140 cm³/mol. The Kier molecular flexibility index (Phi) is 5.80. The van der Waals surface area contributed by atoms with Crippen molar-refractivity contribution in [3.63, 3.8) is 0 Å². The van der Waals surface area contributed by atoms with Crippen LogP contribution >= 0.6 is 11.6 Å². The van der Waals surface area contributed by atoms with Crippen LogP contribution in [0.3, 0.4) is 0 Å². The van der Waals surface area contributed by atoms with Gasteiger partial charge in [0.15, 0.2) is 5.82 Å². The van der Waals surface area contributed by atoms with Gasteiger partial charge in [0.1, 0.15) is 5.69 Å².